The van der Waals surface area contributed by atoms with E-state index in [-0.39, 0.29) is 43.2 Å². The molecular weight excluding hydrogens is 437 g/mol. The molecule has 0 aromatic heterocycles. The number of imide groups is 1. The summed E-state index contributed by atoms with van der Waals surface area (Å²) in [7, 11) is 0. The molecule has 1 unspecified atom stereocenters. The maximum atomic E-state index is 14.7. The van der Waals surface area contributed by atoms with Crippen LogP contribution in [0.2, 0.25) is 0 Å². The number of Topliss-reactive ketones (excluding diaryl/α,β-unsaturated/α-hetero) is 1. The van der Waals surface area contributed by atoms with Gasteiger partial charge in [0, 0.05) is 30.5 Å². The summed E-state index contributed by atoms with van der Waals surface area (Å²) in [6, 6.07) is 7.30. The smallest absolute Gasteiger partial charge is 0.322 e. The first-order valence-electron chi connectivity index (χ1n) is 10.5. The van der Waals surface area contributed by atoms with Gasteiger partial charge in [0.25, 0.3) is 5.91 Å². The van der Waals surface area contributed by atoms with E-state index in [2.05, 4.69) is 5.32 Å². The number of nitrogens with one attached hydrogen (secondary N) is 1. The number of rotatable bonds is 6. The number of carbonyl (C=O) groups excluding carboxylic acids is 4. The van der Waals surface area contributed by atoms with E-state index < -0.39 is 41.5 Å². The predicted molar refractivity (Wildman–Crippen MR) is 111 cm³/mol. The topological polar surface area (TPSA) is 83.6 Å². The largest absolute Gasteiger partial charge is 0.330 e. The first-order chi connectivity index (χ1) is 15.6. The molecule has 2 aliphatic heterocycles. The molecule has 6 nitrogen and oxygen atoms in total. The molecule has 0 aliphatic carbocycles. The van der Waals surface area contributed by atoms with Crippen molar-refractivity contribution >= 4 is 23.5 Å². The number of carbonyl (C=O) groups is 4. The second-order valence-electron chi connectivity index (χ2n) is 8.30. The molecule has 0 bridgehead atoms. The normalized spacial score (nSPS) is 18.4. The Morgan fingerprint density at radius 2 is 1.94 bits per heavy atom. The van der Waals surface area contributed by atoms with Gasteiger partial charge in [-0.3, -0.25) is 24.5 Å². The van der Waals surface area contributed by atoms with Crippen LogP contribution in [-0.2, 0) is 33.3 Å². The van der Waals surface area contributed by atoms with E-state index in [1.54, 1.807) is 18.2 Å². The summed E-state index contributed by atoms with van der Waals surface area (Å²) in [6.45, 7) is 1.36. The van der Waals surface area contributed by atoms with Crippen LogP contribution in [0.1, 0.15) is 51.9 Å². The van der Waals surface area contributed by atoms with Gasteiger partial charge in [-0.2, -0.15) is 8.78 Å². The van der Waals surface area contributed by atoms with E-state index >= 15 is 0 Å². The van der Waals surface area contributed by atoms with Crippen LogP contribution in [0.4, 0.5) is 13.2 Å². The zero-order chi connectivity index (χ0) is 23.9. The summed E-state index contributed by atoms with van der Waals surface area (Å²) < 4.78 is 43.0. The number of nitrogens with zero attached hydrogens (tertiary/aromatic N) is 1. The van der Waals surface area contributed by atoms with Gasteiger partial charge in [0.15, 0.2) is 0 Å². The van der Waals surface area contributed by atoms with Crippen LogP contribution >= 0.6 is 0 Å². The van der Waals surface area contributed by atoms with E-state index in [1.807, 2.05) is 0 Å². The molecule has 1 atom stereocenters. The zero-order valence-corrected chi connectivity index (χ0v) is 17.8. The summed E-state index contributed by atoms with van der Waals surface area (Å²) >= 11 is 0. The number of hydrogen-bond donors (Lipinski definition) is 1. The molecule has 9 heteroatoms. The third-order valence-corrected chi connectivity index (χ3v) is 6.18. The lowest BCUT2D eigenvalue weighted by Gasteiger charge is -2.29. The number of ketones is 1. The number of aryl methyl sites for hydroxylation is 1. The Morgan fingerprint density at radius 1 is 1.18 bits per heavy atom. The average Bonchev–Trinajstić information content (AvgIpc) is 3.09. The molecule has 33 heavy (non-hydrogen) atoms. The van der Waals surface area contributed by atoms with E-state index in [9.17, 15) is 32.3 Å². The third kappa shape index (κ3) is 4.15. The second-order valence-corrected chi connectivity index (χ2v) is 8.30. The Morgan fingerprint density at radius 3 is 2.67 bits per heavy atom. The lowest BCUT2D eigenvalue weighted by Crippen LogP contribution is -2.52. The molecular formula is C24H21F3N2O4. The van der Waals surface area contributed by atoms with Gasteiger partial charge in [-0.15, -0.1) is 0 Å². The summed E-state index contributed by atoms with van der Waals surface area (Å²) in [6.07, 6.45) is -0.0710. The number of amides is 3. The van der Waals surface area contributed by atoms with E-state index in [4.69, 9.17) is 0 Å². The Kier molecular flexibility index (Phi) is 5.82. The van der Waals surface area contributed by atoms with Gasteiger partial charge >= 0.3 is 5.92 Å². The van der Waals surface area contributed by atoms with Gasteiger partial charge in [-0.05, 0) is 48.6 Å². The minimum atomic E-state index is -3.82. The molecule has 2 aromatic carbocycles. The van der Waals surface area contributed by atoms with Gasteiger partial charge < -0.3 is 4.90 Å². The van der Waals surface area contributed by atoms with Crippen LogP contribution in [0, 0.1) is 12.7 Å². The first-order valence-corrected chi connectivity index (χ1v) is 10.5. The summed E-state index contributed by atoms with van der Waals surface area (Å²) in [5.74, 6) is -7.18. The molecule has 0 radical (unpaired) electrons. The fourth-order valence-electron chi connectivity index (χ4n) is 4.30. The van der Waals surface area contributed by atoms with Gasteiger partial charge in [0.1, 0.15) is 11.9 Å². The minimum absolute atomic E-state index is 0.0165. The highest BCUT2D eigenvalue weighted by atomic mass is 19.3. The molecule has 0 saturated carbocycles. The number of fused-ring (bicyclic) bond motifs is 1. The number of alkyl halides is 2. The zero-order valence-electron chi connectivity index (χ0n) is 17.8. The summed E-state index contributed by atoms with van der Waals surface area (Å²) in [5, 5.41) is 2.23. The number of hydrogen-bond acceptors (Lipinski definition) is 4. The molecule has 3 amide bonds. The Hall–Kier alpha value is -3.49. The highest BCUT2D eigenvalue weighted by Gasteiger charge is 2.42. The van der Waals surface area contributed by atoms with Gasteiger partial charge in [-0.1, -0.05) is 24.3 Å². The maximum Gasteiger partial charge on any atom is 0.330 e. The van der Waals surface area contributed by atoms with Gasteiger partial charge in [0.2, 0.25) is 17.6 Å². The van der Waals surface area contributed by atoms with Gasteiger partial charge in [-0.25, -0.2) is 4.39 Å². The molecule has 172 valence electrons. The molecule has 0 spiro atoms. The van der Waals surface area contributed by atoms with Crippen LogP contribution in [-0.4, -0.2) is 34.4 Å². The molecule has 1 saturated heterocycles. The molecule has 2 aromatic rings. The van der Waals surface area contributed by atoms with E-state index in [0.717, 1.165) is 18.2 Å². The minimum Gasteiger partial charge on any atom is -0.322 e. The Labute approximate surface area is 187 Å². The van der Waals surface area contributed by atoms with Crippen molar-refractivity contribution in [2.45, 2.75) is 51.1 Å². The van der Waals surface area contributed by atoms with E-state index in [0.29, 0.717) is 16.7 Å². The fraction of sp³-hybridized carbons (Fsp3) is 0.333. The second kappa shape index (κ2) is 8.46. The standard InChI is InChI=1S/C24H21F3N2O4/c1-13-17(3-2-4-18(13)25)24(26,27)20(30)9-6-14-5-7-16-15(11-14)12-29(23(16)33)19-8-10-21(31)28-22(19)32/h2-5,7,11,19H,6,8-10,12H2,1H3,(H,28,31,32). The van der Waals surface area contributed by atoms with Gasteiger partial charge in [0.05, 0.1) is 0 Å². The van der Waals surface area contributed by atoms with Crippen LogP contribution < -0.4 is 5.32 Å². The number of halogens is 3. The summed E-state index contributed by atoms with van der Waals surface area (Å²) in [5.41, 5.74) is 0.706. The highest BCUT2D eigenvalue weighted by molar-refractivity contribution is 6.05. The number of piperidine rings is 1. The van der Waals surface area contributed by atoms with Crippen LogP contribution in [0.5, 0.6) is 0 Å². The van der Waals surface area contributed by atoms with Crippen LogP contribution in [0.3, 0.4) is 0 Å². The first kappa shape index (κ1) is 22.7. The third-order valence-electron chi connectivity index (χ3n) is 6.18. The van der Waals surface area contributed by atoms with E-state index in [1.165, 1.54) is 11.8 Å². The molecule has 1 fully saturated rings. The van der Waals surface area contributed by atoms with Crippen molar-refractivity contribution < 1.29 is 32.3 Å². The number of benzene rings is 2. The fourth-order valence-corrected chi connectivity index (χ4v) is 4.30. The molecule has 2 heterocycles. The highest BCUT2D eigenvalue weighted by Crippen LogP contribution is 2.34. The van der Waals surface area contributed by atoms with Crippen molar-refractivity contribution in [2.24, 2.45) is 0 Å². The SMILES string of the molecule is Cc1c(F)cccc1C(F)(F)C(=O)CCc1ccc2c(c1)CN(C1CCC(=O)NC1=O)C2=O. The summed E-state index contributed by atoms with van der Waals surface area (Å²) in [4.78, 5) is 49.9. The van der Waals surface area contributed by atoms with Crippen molar-refractivity contribution in [3.05, 3.63) is 70.0 Å². The van der Waals surface area contributed by atoms with Crippen molar-refractivity contribution in [1.82, 2.24) is 10.2 Å². The lowest BCUT2D eigenvalue weighted by molar-refractivity contribution is -0.144. The van der Waals surface area contributed by atoms with Crippen molar-refractivity contribution in [3.63, 3.8) is 0 Å². The van der Waals surface area contributed by atoms with Crippen molar-refractivity contribution in [3.8, 4) is 0 Å². The predicted octanol–water partition coefficient (Wildman–Crippen LogP) is 3.19. The van der Waals surface area contributed by atoms with Crippen LogP contribution in [0.15, 0.2) is 36.4 Å². The Bertz CT molecular complexity index is 1180. The lowest BCUT2D eigenvalue weighted by atomic mass is 9.95. The molecule has 2 aliphatic rings. The average molecular weight is 458 g/mol. The van der Waals surface area contributed by atoms with Crippen molar-refractivity contribution in [1.29, 1.82) is 0 Å². The monoisotopic (exact) mass is 458 g/mol. The quantitative estimate of drug-likeness (QED) is 0.674. The Balaban J connectivity index is 1.45. The van der Waals surface area contributed by atoms with Crippen LogP contribution in [0.25, 0.3) is 0 Å². The molecule has 4 rings (SSSR count). The molecule has 1 N–H and O–H groups in total. The maximum absolute atomic E-state index is 14.7. The van der Waals surface area contributed by atoms with Crippen molar-refractivity contribution in [2.75, 3.05) is 0 Å².